The Bertz CT molecular complexity index is 1190. The van der Waals surface area contributed by atoms with E-state index in [-0.39, 0.29) is 17.5 Å². The highest BCUT2D eigenvalue weighted by Gasteiger charge is 2.32. The van der Waals surface area contributed by atoms with Crippen LogP contribution in [0.5, 0.6) is 0 Å². The largest absolute Gasteiger partial charge is 0.340 e. The van der Waals surface area contributed by atoms with Gasteiger partial charge < -0.3 is 4.90 Å². The average Bonchev–Trinajstić information content (AvgIpc) is 3.41. The Morgan fingerprint density at radius 2 is 1.94 bits per heavy atom. The van der Waals surface area contributed by atoms with Crippen LogP contribution in [0.4, 0.5) is 0 Å². The minimum atomic E-state index is -0.160. The summed E-state index contributed by atoms with van der Waals surface area (Å²) in [5.41, 5.74) is 2.51. The molecule has 3 heterocycles. The van der Waals surface area contributed by atoms with Gasteiger partial charge in [0.15, 0.2) is 10.8 Å². The monoisotopic (exact) mass is 451 g/mol. The zero-order valence-electron chi connectivity index (χ0n) is 18.7. The first-order valence-electron chi connectivity index (χ1n) is 11.6. The van der Waals surface area contributed by atoms with Gasteiger partial charge in [0, 0.05) is 24.8 Å². The number of hydrogen-bond donors (Lipinski definition) is 0. The number of hydrogen-bond acceptors (Lipinski definition) is 5. The summed E-state index contributed by atoms with van der Waals surface area (Å²) in [6.45, 7) is 4.82. The molecule has 0 radical (unpaired) electrons. The van der Waals surface area contributed by atoms with Crippen molar-refractivity contribution in [1.29, 1.82) is 0 Å². The predicted molar refractivity (Wildman–Crippen MR) is 127 cm³/mol. The first kappa shape index (κ1) is 21.2. The number of carbonyl (C=O) groups is 1. The fraction of sp³-hybridized carbons (Fsp3) is 0.500. The van der Waals surface area contributed by atoms with Crippen LogP contribution in [0.1, 0.15) is 57.1 Å². The molecule has 7 nitrogen and oxygen atoms in total. The molecule has 1 unspecified atom stereocenters. The van der Waals surface area contributed by atoms with Crippen LogP contribution in [0.3, 0.4) is 0 Å². The van der Waals surface area contributed by atoms with Gasteiger partial charge in [-0.25, -0.2) is 9.67 Å². The molecule has 0 spiro atoms. The van der Waals surface area contributed by atoms with Gasteiger partial charge in [0.25, 0.3) is 5.56 Å². The van der Waals surface area contributed by atoms with Crippen molar-refractivity contribution in [3.8, 4) is 5.69 Å². The molecule has 1 aliphatic heterocycles. The first-order chi connectivity index (χ1) is 15.6. The summed E-state index contributed by atoms with van der Waals surface area (Å²) in [5.74, 6) is 0.848. The van der Waals surface area contributed by atoms with Gasteiger partial charge in [-0.05, 0) is 38.8 Å². The lowest BCUT2D eigenvalue weighted by atomic mass is 9.94. The maximum atomic E-state index is 13.4. The second-order valence-corrected chi connectivity index (χ2v) is 9.83. The molecule has 3 aromatic rings. The van der Waals surface area contributed by atoms with Gasteiger partial charge in [-0.3, -0.25) is 14.2 Å². The van der Waals surface area contributed by atoms with Crippen molar-refractivity contribution >= 4 is 28.7 Å². The quantitative estimate of drug-likeness (QED) is 0.546. The fourth-order valence-electron chi connectivity index (χ4n) is 5.01. The van der Waals surface area contributed by atoms with E-state index in [1.54, 1.807) is 27.2 Å². The Balaban J connectivity index is 1.44. The van der Waals surface area contributed by atoms with Gasteiger partial charge in [-0.15, -0.1) is 0 Å². The number of amides is 1. The van der Waals surface area contributed by atoms with Crippen molar-refractivity contribution in [2.45, 2.75) is 69.6 Å². The Morgan fingerprint density at radius 3 is 2.66 bits per heavy atom. The van der Waals surface area contributed by atoms with Crippen molar-refractivity contribution in [1.82, 2.24) is 24.2 Å². The van der Waals surface area contributed by atoms with Gasteiger partial charge in [0.2, 0.25) is 5.91 Å². The number of fused-ring (bicyclic) bond motifs is 2. The molecule has 1 amide bonds. The molecule has 1 aromatic carbocycles. The number of nitrogens with zero attached hydrogens (tertiary/aromatic N) is 5. The number of carbonyl (C=O) groups excluding carboxylic acids is 1. The predicted octanol–water partition coefficient (Wildman–Crippen LogP) is 4.11. The lowest BCUT2D eigenvalue weighted by molar-refractivity contribution is -0.134. The second-order valence-electron chi connectivity index (χ2n) is 8.84. The van der Waals surface area contributed by atoms with Crippen molar-refractivity contribution in [3.63, 3.8) is 0 Å². The lowest BCUT2D eigenvalue weighted by Gasteiger charge is -2.34. The SMILES string of the molecule is CCN(C(=O)CC1CSc2nc3c(cnn3-c3ccc(C)cc3)c(=O)n21)C1CCCCC1. The fourth-order valence-corrected chi connectivity index (χ4v) is 6.14. The van der Waals surface area contributed by atoms with Crippen molar-refractivity contribution < 1.29 is 4.79 Å². The molecule has 0 N–H and O–H groups in total. The summed E-state index contributed by atoms with van der Waals surface area (Å²) < 4.78 is 3.44. The Kier molecular flexibility index (Phi) is 5.80. The molecule has 5 rings (SSSR count). The molecular formula is C24H29N5O2S. The van der Waals surface area contributed by atoms with Crippen LogP contribution in [-0.2, 0) is 4.79 Å². The molecule has 2 aliphatic rings. The Hall–Kier alpha value is -2.61. The third-order valence-corrected chi connectivity index (χ3v) is 7.83. The van der Waals surface area contributed by atoms with E-state index in [2.05, 4.69) is 12.0 Å². The summed E-state index contributed by atoms with van der Waals surface area (Å²) in [5, 5.41) is 5.61. The number of aryl methyl sites for hydroxylation is 1. The third-order valence-electron chi connectivity index (χ3n) is 6.74. The zero-order valence-corrected chi connectivity index (χ0v) is 19.5. The van der Waals surface area contributed by atoms with Crippen LogP contribution < -0.4 is 5.56 Å². The first-order valence-corrected chi connectivity index (χ1v) is 12.5. The lowest BCUT2D eigenvalue weighted by Crippen LogP contribution is -2.42. The molecule has 1 fully saturated rings. The van der Waals surface area contributed by atoms with E-state index in [1.165, 1.54) is 19.3 Å². The number of thioether (sulfide) groups is 1. The number of benzene rings is 1. The standard InChI is InChI=1S/C24H29N5O2S/c1-3-27(17-7-5-4-6-8-17)21(30)13-19-15-32-24-26-22-20(23(31)28(19)24)14-25-29(22)18-11-9-16(2)10-12-18/h9-12,14,17,19H,3-8,13,15H2,1-2H3. The van der Waals surface area contributed by atoms with E-state index >= 15 is 0 Å². The van der Waals surface area contributed by atoms with Crippen LogP contribution in [0.25, 0.3) is 16.7 Å². The molecule has 32 heavy (non-hydrogen) atoms. The zero-order chi connectivity index (χ0) is 22.2. The van der Waals surface area contributed by atoms with E-state index in [0.29, 0.717) is 34.4 Å². The molecule has 1 aliphatic carbocycles. The van der Waals surface area contributed by atoms with Crippen LogP contribution in [0.15, 0.2) is 40.4 Å². The van der Waals surface area contributed by atoms with Gasteiger partial charge in [0.1, 0.15) is 5.39 Å². The molecule has 168 valence electrons. The Labute approximate surface area is 191 Å². The highest BCUT2D eigenvalue weighted by atomic mass is 32.2. The molecule has 2 aromatic heterocycles. The van der Waals surface area contributed by atoms with Gasteiger partial charge >= 0.3 is 0 Å². The maximum Gasteiger partial charge on any atom is 0.265 e. The Morgan fingerprint density at radius 1 is 1.19 bits per heavy atom. The molecule has 8 heteroatoms. The van der Waals surface area contributed by atoms with Crippen LogP contribution in [0.2, 0.25) is 0 Å². The van der Waals surface area contributed by atoms with Crippen molar-refractivity contribution in [3.05, 3.63) is 46.4 Å². The molecule has 0 saturated heterocycles. The van der Waals surface area contributed by atoms with E-state index in [1.807, 2.05) is 36.1 Å². The summed E-state index contributed by atoms with van der Waals surface area (Å²) >= 11 is 1.55. The minimum Gasteiger partial charge on any atom is -0.340 e. The number of rotatable bonds is 5. The van der Waals surface area contributed by atoms with E-state index in [9.17, 15) is 9.59 Å². The van der Waals surface area contributed by atoms with E-state index < -0.39 is 0 Å². The molecule has 1 saturated carbocycles. The van der Waals surface area contributed by atoms with Gasteiger partial charge in [0.05, 0.1) is 17.9 Å². The van der Waals surface area contributed by atoms with Gasteiger partial charge in [-0.2, -0.15) is 5.10 Å². The maximum absolute atomic E-state index is 13.4. The van der Waals surface area contributed by atoms with Crippen molar-refractivity contribution in [2.24, 2.45) is 0 Å². The molecule has 0 bridgehead atoms. The third kappa shape index (κ3) is 3.74. The molecular weight excluding hydrogens is 422 g/mol. The summed E-state index contributed by atoms with van der Waals surface area (Å²) in [7, 11) is 0. The van der Waals surface area contributed by atoms with Crippen LogP contribution in [-0.4, -0.2) is 48.5 Å². The summed E-state index contributed by atoms with van der Waals surface area (Å²) in [4.78, 5) is 33.4. The van der Waals surface area contributed by atoms with Crippen LogP contribution >= 0.6 is 11.8 Å². The topological polar surface area (TPSA) is 73.0 Å². The molecule has 1 atom stereocenters. The van der Waals surface area contributed by atoms with E-state index in [4.69, 9.17) is 4.98 Å². The van der Waals surface area contributed by atoms with Crippen LogP contribution in [0, 0.1) is 6.92 Å². The highest BCUT2D eigenvalue weighted by Crippen LogP contribution is 2.34. The second kappa shape index (κ2) is 8.73. The average molecular weight is 452 g/mol. The summed E-state index contributed by atoms with van der Waals surface area (Å²) in [6, 6.07) is 8.18. The summed E-state index contributed by atoms with van der Waals surface area (Å²) in [6.07, 6.45) is 7.80. The van der Waals surface area contributed by atoms with E-state index in [0.717, 1.165) is 30.6 Å². The highest BCUT2D eigenvalue weighted by molar-refractivity contribution is 7.99. The van der Waals surface area contributed by atoms with Crippen molar-refractivity contribution in [2.75, 3.05) is 12.3 Å². The minimum absolute atomic E-state index is 0.105. The number of aromatic nitrogens is 4. The smallest absolute Gasteiger partial charge is 0.265 e. The van der Waals surface area contributed by atoms with Gasteiger partial charge in [-0.1, -0.05) is 48.7 Å². The normalized spacial score (nSPS) is 18.8.